The van der Waals surface area contributed by atoms with Gasteiger partial charge in [0, 0.05) is 22.3 Å². The van der Waals surface area contributed by atoms with Gasteiger partial charge in [0.15, 0.2) is 17.7 Å². The van der Waals surface area contributed by atoms with Gasteiger partial charge in [-0.1, -0.05) is 49.7 Å². The highest BCUT2D eigenvalue weighted by atomic mass is 35.5. The number of halogens is 1. The lowest BCUT2D eigenvalue weighted by Crippen LogP contribution is -2.31. The molecule has 1 unspecified atom stereocenters. The Hall–Kier alpha value is -2.99. The second kappa shape index (κ2) is 7.56. The maximum absolute atomic E-state index is 12.8. The summed E-state index contributed by atoms with van der Waals surface area (Å²) in [6, 6.07) is 9.28. The lowest BCUT2D eigenvalue weighted by molar-refractivity contribution is -0.156. The molecule has 144 valence electrons. The molecule has 0 bridgehead atoms. The highest BCUT2D eigenvalue weighted by molar-refractivity contribution is 6.36. The Kier molecular flexibility index (Phi) is 5.34. The van der Waals surface area contributed by atoms with E-state index in [-0.39, 0.29) is 39.3 Å². The minimum atomic E-state index is -1.04. The summed E-state index contributed by atoms with van der Waals surface area (Å²) in [6.07, 6.45) is -1.04. The highest BCUT2D eigenvalue weighted by Crippen LogP contribution is 2.33. The van der Waals surface area contributed by atoms with Crippen LogP contribution in [0.3, 0.4) is 0 Å². The average molecular weight is 400 g/mol. The van der Waals surface area contributed by atoms with Crippen LogP contribution in [-0.4, -0.2) is 29.5 Å². The molecule has 0 aliphatic heterocycles. The average Bonchev–Trinajstić information content (AvgIpc) is 2.67. The number of carbonyl (C=O) groups is 4. The minimum absolute atomic E-state index is 0.106. The Morgan fingerprint density at radius 3 is 2.00 bits per heavy atom. The number of hydrogen-bond acceptors (Lipinski definition) is 5. The third-order valence-corrected chi connectivity index (χ3v) is 4.72. The number of carbonyl (C=O) groups excluding carboxylic acids is 4. The molecule has 1 N–H and O–H groups in total. The summed E-state index contributed by atoms with van der Waals surface area (Å²) in [4.78, 5) is 49.4. The van der Waals surface area contributed by atoms with E-state index in [1.165, 1.54) is 19.1 Å². The van der Waals surface area contributed by atoms with Crippen LogP contribution in [0.2, 0.25) is 5.02 Å². The number of nitrogens with one attached hydrogen (secondary N) is 1. The number of anilines is 1. The summed E-state index contributed by atoms with van der Waals surface area (Å²) in [6.45, 7) is 4.76. The van der Waals surface area contributed by atoms with Gasteiger partial charge in [0.2, 0.25) is 0 Å². The van der Waals surface area contributed by atoms with Crippen LogP contribution in [-0.2, 0) is 14.3 Å². The Balaban J connectivity index is 1.89. The van der Waals surface area contributed by atoms with Crippen LogP contribution in [0, 0.1) is 5.92 Å². The molecule has 0 aromatic heterocycles. The van der Waals surface area contributed by atoms with E-state index in [1.807, 2.05) is 0 Å². The first-order valence-electron chi connectivity index (χ1n) is 8.74. The molecule has 1 amide bonds. The van der Waals surface area contributed by atoms with E-state index in [1.54, 1.807) is 38.1 Å². The first-order chi connectivity index (χ1) is 13.2. The number of fused-ring (bicyclic) bond motifs is 2. The summed E-state index contributed by atoms with van der Waals surface area (Å²) < 4.78 is 5.07. The number of amides is 1. The second-order valence-corrected chi connectivity index (χ2v) is 7.21. The Bertz CT molecular complexity index is 1010. The molecule has 1 atom stereocenters. The molecular weight excluding hydrogens is 382 g/mol. The molecule has 0 saturated heterocycles. The van der Waals surface area contributed by atoms with Gasteiger partial charge in [0.1, 0.15) is 0 Å². The number of ether oxygens (including phenoxy) is 1. The lowest BCUT2D eigenvalue weighted by atomic mass is 9.84. The standard InChI is InChI=1S/C21H18ClNO5/c1-10(2)21(27)28-11(3)20(26)23-17-9-15-14(8-16(17)22)18(24)12-6-4-5-7-13(12)19(15)25/h4-11H,1-3H3,(H,23,26). The normalized spacial score (nSPS) is 13.6. The third kappa shape index (κ3) is 3.55. The first-order valence-corrected chi connectivity index (χ1v) is 9.11. The number of rotatable bonds is 4. The van der Waals surface area contributed by atoms with Gasteiger partial charge in [-0.3, -0.25) is 19.2 Å². The minimum Gasteiger partial charge on any atom is -0.452 e. The third-order valence-electron chi connectivity index (χ3n) is 4.40. The van der Waals surface area contributed by atoms with Crippen molar-refractivity contribution in [3.8, 4) is 0 Å². The van der Waals surface area contributed by atoms with Gasteiger partial charge in [-0.25, -0.2) is 0 Å². The van der Waals surface area contributed by atoms with E-state index in [4.69, 9.17) is 16.3 Å². The Labute approximate surface area is 166 Å². The molecule has 0 spiro atoms. The monoisotopic (exact) mass is 399 g/mol. The summed E-state index contributed by atoms with van der Waals surface area (Å²) in [5, 5.41) is 2.66. The van der Waals surface area contributed by atoms with E-state index in [0.29, 0.717) is 11.1 Å². The fraction of sp³-hybridized carbons (Fsp3) is 0.238. The summed E-state index contributed by atoms with van der Waals surface area (Å²) >= 11 is 6.22. The van der Waals surface area contributed by atoms with Crippen molar-refractivity contribution in [3.05, 3.63) is 63.7 Å². The SMILES string of the molecule is CC(C)C(=O)OC(C)C(=O)Nc1cc2c(cc1Cl)C(=O)c1ccccc1C2=O. The number of hydrogen-bond donors (Lipinski definition) is 1. The second-order valence-electron chi connectivity index (χ2n) is 6.80. The molecule has 0 fully saturated rings. The van der Waals surface area contributed by atoms with Crippen molar-refractivity contribution in [2.24, 2.45) is 5.92 Å². The van der Waals surface area contributed by atoms with E-state index >= 15 is 0 Å². The summed E-state index contributed by atoms with van der Waals surface area (Å²) in [5.74, 6) is -2.09. The maximum atomic E-state index is 12.8. The molecular formula is C21H18ClNO5. The van der Waals surface area contributed by atoms with Crippen LogP contribution in [0.15, 0.2) is 36.4 Å². The van der Waals surface area contributed by atoms with Crippen molar-refractivity contribution < 1.29 is 23.9 Å². The molecule has 6 nitrogen and oxygen atoms in total. The van der Waals surface area contributed by atoms with Gasteiger partial charge < -0.3 is 10.1 Å². The molecule has 7 heteroatoms. The van der Waals surface area contributed by atoms with Gasteiger partial charge in [0.25, 0.3) is 5.91 Å². The highest BCUT2D eigenvalue weighted by Gasteiger charge is 2.31. The van der Waals surface area contributed by atoms with Crippen LogP contribution >= 0.6 is 11.6 Å². The quantitative estimate of drug-likeness (QED) is 0.676. The molecule has 3 rings (SSSR count). The van der Waals surface area contributed by atoms with E-state index in [0.717, 1.165) is 0 Å². The van der Waals surface area contributed by atoms with Crippen LogP contribution in [0.1, 0.15) is 52.6 Å². The van der Waals surface area contributed by atoms with Gasteiger partial charge in [-0.15, -0.1) is 0 Å². The molecule has 2 aromatic rings. The molecule has 0 radical (unpaired) electrons. The molecule has 28 heavy (non-hydrogen) atoms. The Morgan fingerprint density at radius 1 is 0.929 bits per heavy atom. The van der Waals surface area contributed by atoms with Gasteiger partial charge >= 0.3 is 5.97 Å². The van der Waals surface area contributed by atoms with Gasteiger partial charge in [-0.2, -0.15) is 0 Å². The van der Waals surface area contributed by atoms with Crippen molar-refractivity contribution in [2.75, 3.05) is 5.32 Å². The summed E-state index contributed by atoms with van der Waals surface area (Å²) in [7, 11) is 0. The molecule has 1 aliphatic carbocycles. The van der Waals surface area contributed by atoms with Crippen molar-refractivity contribution in [2.45, 2.75) is 26.9 Å². The van der Waals surface area contributed by atoms with Crippen molar-refractivity contribution >= 4 is 40.7 Å². The fourth-order valence-electron chi connectivity index (χ4n) is 2.81. The number of esters is 1. The van der Waals surface area contributed by atoms with Crippen LogP contribution in [0.5, 0.6) is 0 Å². The van der Waals surface area contributed by atoms with E-state index in [9.17, 15) is 19.2 Å². The van der Waals surface area contributed by atoms with Crippen molar-refractivity contribution in [1.82, 2.24) is 0 Å². The largest absolute Gasteiger partial charge is 0.452 e. The fourth-order valence-corrected chi connectivity index (χ4v) is 3.02. The molecule has 2 aromatic carbocycles. The zero-order valence-corrected chi connectivity index (χ0v) is 16.3. The first kappa shape index (κ1) is 19.8. The molecule has 1 aliphatic rings. The maximum Gasteiger partial charge on any atom is 0.309 e. The smallest absolute Gasteiger partial charge is 0.309 e. The van der Waals surface area contributed by atoms with Crippen LogP contribution < -0.4 is 5.32 Å². The van der Waals surface area contributed by atoms with Gasteiger partial charge in [0.05, 0.1) is 16.6 Å². The molecule has 0 saturated carbocycles. The zero-order valence-electron chi connectivity index (χ0n) is 15.5. The number of ketones is 2. The van der Waals surface area contributed by atoms with Gasteiger partial charge in [-0.05, 0) is 19.1 Å². The van der Waals surface area contributed by atoms with E-state index in [2.05, 4.69) is 5.32 Å². The topological polar surface area (TPSA) is 89.5 Å². The van der Waals surface area contributed by atoms with E-state index < -0.39 is 18.0 Å². The van der Waals surface area contributed by atoms with Crippen LogP contribution in [0.4, 0.5) is 5.69 Å². The lowest BCUT2D eigenvalue weighted by Gasteiger charge is -2.20. The Morgan fingerprint density at radius 2 is 1.46 bits per heavy atom. The predicted octanol–water partition coefficient (Wildman–Crippen LogP) is 3.64. The van der Waals surface area contributed by atoms with Crippen LogP contribution in [0.25, 0.3) is 0 Å². The zero-order chi connectivity index (χ0) is 20.6. The summed E-state index contributed by atoms with van der Waals surface area (Å²) in [5.41, 5.74) is 1.14. The predicted molar refractivity (Wildman–Crippen MR) is 104 cm³/mol. The molecule has 0 heterocycles. The van der Waals surface area contributed by atoms with Crippen molar-refractivity contribution in [3.63, 3.8) is 0 Å². The van der Waals surface area contributed by atoms with Crippen molar-refractivity contribution in [1.29, 1.82) is 0 Å². The number of benzene rings is 2.